The van der Waals surface area contributed by atoms with Crippen LogP contribution in [0.2, 0.25) is 0 Å². The minimum absolute atomic E-state index is 0.000876. The summed E-state index contributed by atoms with van der Waals surface area (Å²) in [6, 6.07) is 9.51. The quantitative estimate of drug-likeness (QED) is 0.851. The van der Waals surface area contributed by atoms with E-state index in [9.17, 15) is 13.2 Å². The Balaban J connectivity index is 1.52. The number of carbonyl (C=O) groups is 1. The van der Waals surface area contributed by atoms with E-state index >= 15 is 0 Å². The Morgan fingerprint density at radius 1 is 1.30 bits per heavy atom. The first-order valence-electron chi connectivity index (χ1n) is 7.16. The average molecular weight is 332 g/mol. The summed E-state index contributed by atoms with van der Waals surface area (Å²) in [7, 11) is -3.12. The number of allylic oxidation sites excluding steroid dienone is 1. The largest absolute Gasteiger partial charge is 0.349 e. The summed E-state index contributed by atoms with van der Waals surface area (Å²) in [6.45, 7) is 0.224. The molecule has 23 heavy (non-hydrogen) atoms. The van der Waals surface area contributed by atoms with Crippen LogP contribution in [0.25, 0.3) is 11.4 Å². The topological polar surface area (TPSA) is 105 Å². The first kappa shape index (κ1) is 15.4. The molecule has 3 rings (SSSR count). The summed E-state index contributed by atoms with van der Waals surface area (Å²) in [5, 5.41) is 10.8. The number of benzene rings is 1. The van der Waals surface area contributed by atoms with Gasteiger partial charge in [0.25, 0.3) is 0 Å². The minimum Gasteiger partial charge on any atom is -0.349 e. The highest BCUT2D eigenvalue weighted by Gasteiger charge is 2.23. The van der Waals surface area contributed by atoms with Gasteiger partial charge in [0.05, 0.1) is 12.3 Å². The third-order valence-corrected chi connectivity index (χ3v) is 4.93. The van der Waals surface area contributed by atoms with Crippen LogP contribution in [0.4, 0.5) is 0 Å². The summed E-state index contributed by atoms with van der Waals surface area (Å²) in [5.74, 6) is 0.649. The number of carbonyl (C=O) groups excluding carboxylic acids is 1. The third-order valence-electron chi connectivity index (χ3n) is 3.47. The zero-order valence-corrected chi connectivity index (χ0v) is 13.1. The number of amides is 1. The Labute approximate surface area is 133 Å². The van der Waals surface area contributed by atoms with Gasteiger partial charge in [-0.2, -0.15) is 5.10 Å². The third kappa shape index (κ3) is 4.04. The summed E-state index contributed by atoms with van der Waals surface area (Å²) in [6.07, 6.45) is 1.71. The normalized spacial score (nSPS) is 18.9. The van der Waals surface area contributed by atoms with Gasteiger partial charge in [-0.25, -0.2) is 13.4 Å². The summed E-state index contributed by atoms with van der Waals surface area (Å²) in [5.41, 5.74) is 0.891. The van der Waals surface area contributed by atoms with Crippen LogP contribution in [0.3, 0.4) is 0 Å². The van der Waals surface area contributed by atoms with Crippen molar-refractivity contribution in [2.45, 2.75) is 13.0 Å². The van der Waals surface area contributed by atoms with Gasteiger partial charge in [0.15, 0.2) is 15.7 Å². The predicted octanol–water partition coefficient (Wildman–Crippen LogP) is 1.04. The maximum atomic E-state index is 11.9. The second-order valence-electron chi connectivity index (χ2n) is 5.37. The Bertz CT molecular complexity index is 827. The van der Waals surface area contributed by atoms with E-state index in [0.29, 0.717) is 11.6 Å². The van der Waals surface area contributed by atoms with Crippen LogP contribution in [0.5, 0.6) is 0 Å². The smallest absolute Gasteiger partial charge is 0.220 e. The molecule has 1 aromatic carbocycles. The first-order valence-corrected chi connectivity index (χ1v) is 8.88. The van der Waals surface area contributed by atoms with E-state index in [1.165, 1.54) is 5.41 Å². The molecular weight excluding hydrogens is 316 g/mol. The molecule has 7 nitrogen and oxygen atoms in total. The number of aromatic amines is 1. The van der Waals surface area contributed by atoms with Gasteiger partial charge in [0.2, 0.25) is 5.91 Å². The predicted molar refractivity (Wildman–Crippen MR) is 84.7 cm³/mol. The molecule has 1 aliphatic heterocycles. The molecule has 0 unspecified atom stereocenters. The molecule has 8 heteroatoms. The molecule has 0 spiro atoms. The number of H-pyrrole nitrogens is 1. The maximum Gasteiger partial charge on any atom is 0.220 e. The number of hydrogen-bond acceptors (Lipinski definition) is 5. The SMILES string of the molecule is O=C(C[C@@H]1C=CS(=O)(=O)C1)NCc1nc(-c2ccccc2)n[nH]1. The van der Waals surface area contributed by atoms with Gasteiger partial charge in [0.1, 0.15) is 5.82 Å². The van der Waals surface area contributed by atoms with Crippen molar-refractivity contribution in [2.75, 3.05) is 5.75 Å². The van der Waals surface area contributed by atoms with Crippen molar-refractivity contribution in [3.05, 3.63) is 47.6 Å². The Morgan fingerprint density at radius 2 is 2.09 bits per heavy atom. The summed E-state index contributed by atoms with van der Waals surface area (Å²) in [4.78, 5) is 16.2. The Morgan fingerprint density at radius 3 is 2.78 bits per heavy atom. The van der Waals surface area contributed by atoms with Crippen LogP contribution >= 0.6 is 0 Å². The van der Waals surface area contributed by atoms with E-state index in [0.717, 1.165) is 5.56 Å². The fourth-order valence-electron chi connectivity index (χ4n) is 2.35. The molecule has 0 fully saturated rings. The molecule has 2 aromatic rings. The van der Waals surface area contributed by atoms with Crippen molar-refractivity contribution >= 4 is 15.7 Å². The van der Waals surface area contributed by atoms with E-state index in [2.05, 4.69) is 20.5 Å². The lowest BCUT2D eigenvalue weighted by Gasteiger charge is -2.06. The van der Waals surface area contributed by atoms with Gasteiger partial charge in [-0.05, 0) is 0 Å². The standard InChI is InChI=1S/C15H16N4O3S/c20-14(8-11-6-7-23(21,22)10-11)16-9-13-17-15(19-18-13)12-4-2-1-3-5-12/h1-7,11H,8-10H2,(H,16,20)(H,17,18,19)/t11-/m0/s1. The molecule has 0 saturated carbocycles. The molecule has 0 bridgehead atoms. The van der Waals surface area contributed by atoms with E-state index in [1.54, 1.807) is 6.08 Å². The van der Waals surface area contributed by atoms with Crippen LogP contribution in [0.1, 0.15) is 12.2 Å². The highest BCUT2D eigenvalue weighted by molar-refractivity contribution is 7.94. The fraction of sp³-hybridized carbons (Fsp3) is 0.267. The minimum atomic E-state index is -3.12. The van der Waals surface area contributed by atoms with Crippen molar-refractivity contribution in [3.63, 3.8) is 0 Å². The molecule has 2 heterocycles. The van der Waals surface area contributed by atoms with Crippen molar-refractivity contribution in [1.29, 1.82) is 0 Å². The van der Waals surface area contributed by atoms with Gasteiger partial charge in [0, 0.05) is 23.3 Å². The molecule has 0 radical (unpaired) electrons. The van der Waals surface area contributed by atoms with Crippen LogP contribution < -0.4 is 5.32 Å². The molecule has 0 aliphatic carbocycles. The second kappa shape index (κ2) is 6.33. The van der Waals surface area contributed by atoms with Gasteiger partial charge in [-0.15, -0.1) is 0 Å². The molecule has 1 amide bonds. The Kier molecular flexibility index (Phi) is 4.24. The molecule has 0 saturated heterocycles. The van der Waals surface area contributed by atoms with E-state index in [4.69, 9.17) is 0 Å². The second-order valence-corrected chi connectivity index (χ2v) is 7.30. The van der Waals surface area contributed by atoms with Crippen molar-refractivity contribution in [2.24, 2.45) is 5.92 Å². The lowest BCUT2D eigenvalue weighted by molar-refractivity contribution is -0.121. The average Bonchev–Trinajstić information content (AvgIpc) is 3.13. The van der Waals surface area contributed by atoms with Crippen LogP contribution in [-0.4, -0.2) is 35.3 Å². The van der Waals surface area contributed by atoms with Crippen LogP contribution in [0.15, 0.2) is 41.8 Å². The van der Waals surface area contributed by atoms with Gasteiger partial charge in [-0.1, -0.05) is 36.4 Å². The fourth-order valence-corrected chi connectivity index (χ4v) is 3.75. The van der Waals surface area contributed by atoms with Gasteiger partial charge >= 0.3 is 0 Å². The molecule has 120 valence electrons. The molecule has 1 aliphatic rings. The maximum absolute atomic E-state index is 11.9. The van der Waals surface area contributed by atoms with Crippen molar-refractivity contribution < 1.29 is 13.2 Å². The van der Waals surface area contributed by atoms with Crippen LogP contribution in [0, 0.1) is 5.92 Å². The van der Waals surface area contributed by atoms with Gasteiger partial charge < -0.3 is 5.32 Å². The van der Waals surface area contributed by atoms with E-state index in [-0.39, 0.29) is 30.5 Å². The number of sulfone groups is 1. The lowest BCUT2D eigenvalue weighted by atomic mass is 10.1. The lowest BCUT2D eigenvalue weighted by Crippen LogP contribution is -2.26. The molecule has 1 aromatic heterocycles. The first-order chi connectivity index (χ1) is 11.0. The molecular formula is C15H16N4O3S. The number of nitrogens with zero attached hydrogens (tertiary/aromatic N) is 2. The monoisotopic (exact) mass is 332 g/mol. The Hall–Kier alpha value is -2.48. The summed E-state index contributed by atoms with van der Waals surface area (Å²) < 4.78 is 22.6. The highest BCUT2D eigenvalue weighted by atomic mass is 32.2. The van der Waals surface area contributed by atoms with E-state index < -0.39 is 9.84 Å². The summed E-state index contributed by atoms with van der Waals surface area (Å²) >= 11 is 0. The number of aromatic nitrogens is 3. The van der Waals surface area contributed by atoms with Crippen LogP contribution in [-0.2, 0) is 21.2 Å². The highest BCUT2D eigenvalue weighted by Crippen LogP contribution is 2.18. The molecule has 1 atom stereocenters. The van der Waals surface area contributed by atoms with E-state index in [1.807, 2.05) is 30.3 Å². The van der Waals surface area contributed by atoms with Crippen molar-refractivity contribution in [1.82, 2.24) is 20.5 Å². The molecule has 2 N–H and O–H groups in total. The zero-order valence-electron chi connectivity index (χ0n) is 12.3. The number of hydrogen-bond donors (Lipinski definition) is 2. The van der Waals surface area contributed by atoms with Gasteiger partial charge in [-0.3, -0.25) is 9.89 Å². The zero-order chi connectivity index (χ0) is 16.3. The number of rotatable bonds is 5. The van der Waals surface area contributed by atoms with Crippen molar-refractivity contribution in [3.8, 4) is 11.4 Å². The number of nitrogens with one attached hydrogen (secondary N) is 2.